The Morgan fingerprint density at radius 2 is 2.00 bits per heavy atom. The Hall–Kier alpha value is -1.10. The summed E-state index contributed by atoms with van der Waals surface area (Å²) in [6.07, 6.45) is 3.70. The van der Waals surface area contributed by atoms with Crippen LogP contribution in [0.1, 0.15) is 48.7 Å². The molecule has 0 saturated heterocycles. The molecule has 2 N–H and O–H groups in total. The van der Waals surface area contributed by atoms with Crippen LogP contribution in [0.5, 0.6) is 0 Å². The average molecular weight is 282 g/mol. The summed E-state index contributed by atoms with van der Waals surface area (Å²) in [5, 5.41) is 7.71. The Kier molecular flexibility index (Phi) is 7.48. The van der Waals surface area contributed by atoms with E-state index in [4.69, 9.17) is 0 Å². The molecule has 1 aromatic rings. The molecule has 0 aliphatic rings. The van der Waals surface area contributed by atoms with Crippen molar-refractivity contribution in [2.45, 2.75) is 53.5 Å². The molecule has 0 fully saturated rings. The molecule has 0 bridgehead atoms. The van der Waals surface area contributed by atoms with Crippen LogP contribution in [-0.2, 0) is 6.54 Å². The zero-order chi connectivity index (χ0) is 14.1. The summed E-state index contributed by atoms with van der Waals surface area (Å²) in [5.74, 6) is 0.893. The molecule has 0 atom stereocenters. The summed E-state index contributed by atoms with van der Waals surface area (Å²) in [6.45, 7) is 11.0. The molecule has 0 unspecified atom stereocenters. The Morgan fingerprint density at radius 1 is 1.21 bits per heavy atom. The SMILES string of the molecule is CCCCCNC(=NCc1nc(C)c(C)s1)NCC. The second-order valence-corrected chi connectivity index (χ2v) is 5.87. The third-order valence-corrected chi connectivity index (χ3v) is 3.92. The van der Waals surface area contributed by atoms with Crippen molar-refractivity contribution in [3.63, 3.8) is 0 Å². The lowest BCUT2D eigenvalue weighted by Crippen LogP contribution is -2.37. The minimum absolute atomic E-state index is 0.655. The lowest BCUT2D eigenvalue weighted by molar-refractivity contribution is 0.683. The number of aliphatic imine (C=N–C) groups is 1. The second kappa shape index (κ2) is 8.91. The van der Waals surface area contributed by atoms with Crippen molar-refractivity contribution in [1.82, 2.24) is 15.6 Å². The molecule has 0 amide bonds. The normalized spacial score (nSPS) is 11.7. The zero-order valence-electron chi connectivity index (χ0n) is 12.5. The molecular weight excluding hydrogens is 256 g/mol. The summed E-state index contributed by atoms with van der Waals surface area (Å²) < 4.78 is 0. The first-order valence-electron chi connectivity index (χ1n) is 7.12. The number of aryl methyl sites for hydroxylation is 2. The Morgan fingerprint density at radius 3 is 2.58 bits per heavy atom. The van der Waals surface area contributed by atoms with Crippen molar-refractivity contribution in [3.8, 4) is 0 Å². The Bertz CT molecular complexity index is 379. The maximum atomic E-state index is 4.58. The highest BCUT2D eigenvalue weighted by Crippen LogP contribution is 2.16. The predicted molar refractivity (Wildman–Crippen MR) is 83.9 cm³/mol. The largest absolute Gasteiger partial charge is 0.357 e. The zero-order valence-corrected chi connectivity index (χ0v) is 13.4. The van der Waals surface area contributed by atoms with Crippen LogP contribution in [0.3, 0.4) is 0 Å². The van der Waals surface area contributed by atoms with Crippen molar-refractivity contribution in [1.29, 1.82) is 0 Å². The number of thiazole rings is 1. The molecule has 0 spiro atoms. The van der Waals surface area contributed by atoms with E-state index in [0.29, 0.717) is 6.54 Å². The van der Waals surface area contributed by atoms with Crippen LogP contribution >= 0.6 is 11.3 Å². The molecule has 1 heterocycles. The highest BCUT2D eigenvalue weighted by atomic mass is 32.1. The lowest BCUT2D eigenvalue weighted by Gasteiger charge is -2.10. The van der Waals surface area contributed by atoms with Crippen LogP contribution in [0.2, 0.25) is 0 Å². The molecule has 5 heteroatoms. The summed E-state index contributed by atoms with van der Waals surface area (Å²) in [5.41, 5.74) is 1.12. The van der Waals surface area contributed by atoms with Gasteiger partial charge in [-0.3, -0.25) is 0 Å². The molecular formula is C14H26N4S. The number of aromatic nitrogens is 1. The number of hydrogen-bond donors (Lipinski definition) is 2. The van der Waals surface area contributed by atoms with E-state index in [-0.39, 0.29) is 0 Å². The van der Waals surface area contributed by atoms with Gasteiger partial charge in [0.2, 0.25) is 0 Å². The van der Waals surface area contributed by atoms with E-state index in [1.165, 1.54) is 24.1 Å². The molecule has 108 valence electrons. The quantitative estimate of drug-likeness (QED) is 0.459. The van der Waals surface area contributed by atoms with E-state index in [9.17, 15) is 0 Å². The van der Waals surface area contributed by atoms with Gasteiger partial charge in [0, 0.05) is 18.0 Å². The van der Waals surface area contributed by atoms with Gasteiger partial charge in [0.05, 0.1) is 12.2 Å². The third kappa shape index (κ3) is 6.05. The van der Waals surface area contributed by atoms with E-state index >= 15 is 0 Å². The van der Waals surface area contributed by atoms with E-state index in [1.54, 1.807) is 11.3 Å². The van der Waals surface area contributed by atoms with Crippen LogP contribution in [0, 0.1) is 13.8 Å². The number of nitrogens with zero attached hydrogens (tertiary/aromatic N) is 2. The van der Waals surface area contributed by atoms with E-state index in [0.717, 1.165) is 29.8 Å². The molecule has 0 radical (unpaired) electrons. The smallest absolute Gasteiger partial charge is 0.191 e. The van der Waals surface area contributed by atoms with E-state index < -0.39 is 0 Å². The van der Waals surface area contributed by atoms with Crippen molar-refractivity contribution < 1.29 is 0 Å². The minimum atomic E-state index is 0.655. The van der Waals surface area contributed by atoms with E-state index in [2.05, 4.69) is 41.4 Å². The third-order valence-electron chi connectivity index (χ3n) is 2.86. The molecule has 4 nitrogen and oxygen atoms in total. The van der Waals surface area contributed by atoms with Crippen molar-refractivity contribution in [3.05, 3.63) is 15.6 Å². The fourth-order valence-electron chi connectivity index (χ4n) is 1.68. The van der Waals surface area contributed by atoms with E-state index in [1.807, 2.05) is 6.92 Å². The standard InChI is InChI=1S/C14H26N4S/c1-5-7-8-9-16-14(15-6-2)17-10-13-18-11(3)12(4)19-13/h5-10H2,1-4H3,(H2,15,16,17). The average Bonchev–Trinajstić information content (AvgIpc) is 2.71. The van der Waals surface area contributed by atoms with Crippen molar-refractivity contribution in [2.24, 2.45) is 4.99 Å². The molecule has 0 aromatic carbocycles. The van der Waals surface area contributed by atoms with Gasteiger partial charge in [0.15, 0.2) is 5.96 Å². The van der Waals surface area contributed by atoms with Gasteiger partial charge in [-0.2, -0.15) is 0 Å². The summed E-state index contributed by atoms with van der Waals surface area (Å²) in [4.78, 5) is 10.4. The first-order valence-corrected chi connectivity index (χ1v) is 7.94. The van der Waals surface area contributed by atoms with Crippen LogP contribution < -0.4 is 10.6 Å². The maximum absolute atomic E-state index is 4.58. The molecule has 0 aliphatic carbocycles. The molecule has 1 rings (SSSR count). The van der Waals surface area contributed by atoms with Gasteiger partial charge in [-0.05, 0) is 27.2 Å². The fourth-order valence-corrected chi connectivity index (χ4v) is 2.54. The molecule has 19 heavy (non-hydrogen) atoms. The van der Waals surface area contributed by atoms with Gasteiger partial charge in [-0.25, -0.2) is 9.98 Å². The van der Waals surface area contributed by atoms with Gasteiger partial charge in [0.25, 0.3) is 0 Å². The minimum Gasteiger partial charge on any atom is -0.357 e. The topological polar surface area (TPSA) is 49.3 Å². The fraction of sp³-hybridized carbons (Fsp3) is 0.714. The van der Waals surface area contributed by atoms with Crippen LogP contribution in [0.25, 0.3) is 0 Å². The van der Waals surface area contributed by atoms with Gasteiger partial charge in [-0.15, -0.1) is 11.3 Å². The summed E-state index contributed by atoms with van der Waals surface area (Å²) in [7, 11) is 0. The van der Waals surface area contributed by atoms with Gasteiger partial charge < -0.3 is 10.6 Å². The van der Waals surface area contributed by atoms with Gasteiger partial charge >= 0.3 is 0 Å². The molecule has 0 aliphatic heterocycles. The molecule has 1 aromatic heterocycles. The van der Waals surface area contributed by atoms with Crippen molar-refractivity contribution in [2.75, 3.05) is 13.1 Å². The number of guanidine groups is 1. The highest BCUT2D eigenvalue weighted by molar-refractivity contribution is 7.11. The predicted octanol–water partition coefficient (Wildman–Crippen LogP) is 3.01. The van der Waals surface area contributed by atoms with Crippen LogP contribution in [0.4, 0.5) is 0 Å². The van der Waals surface area contributed by atoms with Gasteiger partial charge in [-0.1, -0.05) is 19.8 Å². The highest BCUT2D eigenvalue weighted by Gasteiger charge is 2.03. The summed E-state index contributed by atoms with van der Waals surface area (Å²) in [6, 6.07) is 0. The first-order chi connectivity index (χ1) is 9.17. The number of rotatable bonds is 7. The Labute approximate surface area is 120 Å². The monoisotopic (exact) mass is 282 g/mol. The summed E-state index contributed by atoms with van der Waals surface area (Å²) >= 11 is 1.73. The van der Waals surface area contributed by atoms with Gasteiger partial charge in [0.1, 0.15) is 5.01 Å². The maximum Gasteiger partial charge on any atom is 0.191 e. The lowest BCUT2D eigenvalue weighted by atomic mass is 10.2. The van der Waals surface area contributed by atoms with Crippen LogP contribution in [-0.4, -0.2) is 24.0 Å². The molecule has 0 saturated carbocycles. The number of nitrogens with one attached hydrogen (secondary N) is 2. The number of hydrogen-bond acceptors (Lipinski definition) is 3. The second-order valence-electron chi connectivity index (χ2n) is 4.58. The number of unbranched alkanes of at least 4 members (excludes halogenated alkanes) is 2. The van der Waals surface area contributed by atoms with Crippen LogP contribution in [0.15, 0.2) is 4.99 Å². The van der Waals surface area contributed by atoms with Crippen molar-refractivity contribution >= 4 is 17.3 Å². The Balaban J connectivity index is 2.47. The first kappa shape index (κ1) is 16.0.